The normalized spacial score (nSPS) is 25.0. The Kier molecular flexibility index (Phi) is 6.12. The quantitative estimate of drug-likeness (QED) is 0.592. The van der Waals surface area contributed by atoms with E-state index in [0.717, 1.165) is 32.6 Å². The molecule has 2 aliphatic rings. The number of amides is 1. The van der Waals surface area contributed by atoms with Gasteiger partial charge in [-0.25, -0.2) is 0 Å². The van der Waals surface area contributed by atoms with Gasteiger partial charge in [0.2, 0.25) is 5.91 Å². The molecule has 1 amide bonds. The van der Waals surface area contributed by atoms with Gasteiger partial charge in [-0.15, -0.1) is 0 Å². The smallest absolute Gasteiger partial charge is 0.268 e. The van der Waals surface area contributed by atoms with Gasteiger partial charge in [0, 0.05) is 38.5 Å². The van der Waals surface area contributed by atoms with Crippen molar-refractivity contribution in [3.05, 3.63) is 33.7 Å². The van der Waals surface area contributed by atoms with Crippen molar-refractivity contribution in [2.75, 3.05) is 26.3 Å². The highest BCUT2D eigenvalue weighted by molar-refractivity contribution is 5.76. The molecule has 1 aliphatic carbocycles. The van der Waals surface area contributed by atoms with E-state index in [1.807, 2.05) is 19.9 Å². The first-order valence-corrected chi connectivity index (χ1v) is 8.55. The zero-order valence-electron chi connectivity index (χ0n) is 14.7. The van der Waals surface area contributed by atoms with Gasteiger partial charge in [0.1, 0.15) is 5.54 Å². The van der Waals surface area contributed by atoms with Crippen LogP contribution in [0.3, 0.4) is 0 Å². The molecule has 1 atom stereocenters. The highest BCUT2D eigenvalue weighted by Gasteiger charge is 2.40. The first-order valence-electron chi connectivity index (χ1n) is 8.55. The van der Waals surface area contributed by atoms with E-state index in [-0.39, 0.29) is 16.5 Å². The predicted molar refractivity (Wildman–Crippen MR) is 90.8 cm³/mol. The first-order chi connectivity index (χ1) is 11.4. The zero-order chi connectivity index (χ0) is 17.7. The van der Waals surface area contributed by atoms with Crippen molar-refractivity contribution >= 4 is 5.91 Å². The Labute approximate surface area is 142 Å². The van der Waals surface area contributed by atoms with Gasteiger partial charge in [0.05, 0.1) is 4.92 Å². The van der Waals surface area contributed by atoms with E-state index in [9.17, 15) is 14.9 Å². The summed E-state index contributed by atoms with van der Waals surface area (Å²) < 4.78 is 5.36. The van der Waals surface area contributed by atoms with Crippen molar-refractivity contribution in [1.29, 1.82) is 0 Å². The number of carbonyl (C=O) groups is 1. The highest BCUT2D eigenvalue weighted by Crippen LogP contribution is 2.30. The summed E-state index contributed by atoms with van der Waals surface area (Å²) in [5.74, 6) is 0.375. The highest BCUT2D eigenvalue weighted by atomic mass is 16.6. The van der Waals surface area contributed by atoms with E-state index < -0.39 is 5.54 Å². The molecule has 1 heterocycles. The van der Waals surface area contributed by atoms with E-state index in [1.165, 1.54) is 13.0 Å². The van der Waals surface area contributed by atoms with Crippen LogP contribution in [-0.2, 0) is 9.53 Å². The van der Waals surface area contributed by atoms with Gasteiger partial charge in [0.15, 0.2) is 0 Å². The third-order valence-corrected chi connectivity index (χ3v) is 4.90. The van der Waals surface area contributed by atoms with Gasteiger partial charge < -0.3 is 15.0 Å². The number of nitro groups is 1. The number of allylic oxidation sites excluding steroid dienone is 1. The third kappa shape index (κ3) is 4.21. The predicted octanol–water partition coefficient (Wildman–Crippen LogP) is 2.08. The second-order valence-corrected chi connectivity index (χ2v) is 6.65. The summed E-state index contributed by atoms with van der Waals surface area (Å²) in [5, 5.41) is 15.0. The van der Waals surface area contributed by atoms with E-state index in [4.69, 9.17) is 4.74 Å². The summed E-state index contributed by atoms with van der Waals surface area (Å²) in [4.78, 5) is 24.5. The number of rotatable bonds is 6. The first kappa shape index (κ1) is 18.6. The largest absolute Gasteiger partial charge is 0.381 e. The minimum absolute atomic E-state index is 0.110. The number of likely N-dealkylation sites (N-methyl/N-ethyl adjacent to an activating group) is 1. The summed E-state index contributed by atoms with van der Waals surface area (Å²) in [6.45, 7) is 7.94. The van der Waals surface area contributed by atoms with Gasteiger partial charge >= 0.3 is 0 Å². The topological polar surface area (TPSA) is 84.7 Å². The standard InChI is InChI=1S/C17H27N3O4/c1-4-19(13(2)21)15-5-8-17(3,16(11-15)20(22)23)18-12-14-6-9-24-10-7-14/h5,11,14,18H,4,6-10,12H2,1-3H3. The molecular weight excluding hydrogens is 310 g/mol. The van der Waals surface area contributed by atoms with E-state index in [0.29, 0.717) is 24.6 Å². The van der Waals surface area contributed by atoms with Crippen LogP contribution in [0, 0.1) is 16.0 Å². The lowest BCUT2D eigenvalue weighted by Crippen LogP contribution is -2.50. The third-order valence-electron chi connectivity index (χ3n) is 4.90. The monoisotopic (exact) mass is 337 g/mol. The van der Waals surface area contributed by atoms with Gasteiger partial charge in [-0.05, 0) is 45.6 Å². The molecule has 2 rings (SSSR count). The van der Waals surface area contributed by atoms with Gasteiger partial charge in [0.25, 0.3) is 5.70 Å². The van der Waals surface area contributed by atoms with E-state index in [2.05, 4.69) is 5.32 Å². The average molecular weight is 337 g/mol. The molecule has 0 bridgehead atoms. The van der Waals surface area contributed by atoms with Crippen LogP contribution < -0.4 is 5.32 Å². The molecule has 0 spiro atoms. The fourth-order valence-electron chi connectivity index (χ4n) is 3.28. The van der Waals surface area contributed by atoms with Crippen LogP contribution in [0.5, 0.6) is 0 Å². The molecule has 7 heteroatoms. The lowest BCUT2D eigenvalue weighted by Gasteiger charge is -2.34. The molecule has 134 valence electrons. The van der Waals surface area contributed by atoms with E-state index >= 15 is 0 Å². The fourth-order valence-corrected chi connectivity index (χ4v) is 3.28. The van der Waals surface area contributed by atoms with Gasteiger partial charge in [-0.1, -0.05) is 6.08 Å². The van der Waals surface area contributed by atoms with Crippen molar-refractivity contribution in [3.8, 4) is 0 Å². The second-order valence-electron chi connectivity index (χ2n) is 6.65. The molecule has 0 radical (unpaired) electrons. The number of ether oxygens (including phenoxy) is 1. The summed E-state index contributed by atoms with van der Waals surface area (Å²) in [6, 6.07) is 0. The van der Waals surface area contributed by atoms with Crippen LogP contribution in [0.4, 0.5) is 0 Å². The SMILES string of the molecule is CCN(C(C)=O)C1=CCC(C)(NCC2CCOCC2)C([N+](=O)[O-])=C1. The molecular formula is C17H27N3O4. The summed E-state index contributed by atoms with van der Waals surface area (Å²) >= 11 is 0. The Balaban J connectivity index is 2.13. The summed E-state index contributed by atoms with van der Waals surface area (Å²) in [7, 11) is 0. The molecule has 1 N–H and O–H groups in total. The fraction of sp³-hybridized carbons (Fsp3) is 0.706. The van der Waals surface area contributed by atoms with Crippen molar-refractivity contribution < 1.29 is 14.5 Å². The molecule has 0 aromatic heterocycles. The van der Waals surface area contributed by atoms with Crippen molar-refractivity contribution in [2.24, 2.45) is 5.92 Å². The Morgan fingerprint density at radius 3 is 2.71 bits per heavy atom. The van der Waals surface area contributed by atoms with Crippen LogP contribution in [0.1, 0.15) is 40.0 Å². The number of nitrogens with one attached hydrogen (secondary N) is 1. The average Bonchev–Trinajstić information content (AvgIpc) is 2.56. The maximum Gasteiger partial charge on any atom is 0.268 e. The lowest BCUT2D eigenvalue weighted by atomic mass is 9.87. The number of carbonyl (C=O) groups excluding carboxylic acids is 1. The maximum absolute atomic E-state index is 11.7. The second kappa shape index (κ2) is 7.90. The molecule has 1 saturated heterocycles. The van der Waals surface area contributed by atoms with Crippen molar-refractivity contribution in [1.82, 2.24) is 10.2 Å². The molecule has 1 unspecified atom stereocenters. The van der Waals surface area contributed by atoms with Crippen molar-refractivity contribution in [3.63, 3.8) is 0 Å². The van der Waals surface area contributed by atoms with Gasteiger partial charge in [-0.3, -0.25) is 14.9 Å². The molecule has 0 aromatic rings. The molecule has 0 aromatic carbocycles. The Hall–Kier alpha value is -1.73. The maximum atomic E-state index is 11.7. The number of nitrogens with zero attached hydrogens (tertiary/aromatic N) is 2. The summed E-state index contributed by atoms with van der Waals surface area (Å²) in [6.07, 6.45) is 5.90. The minimum Gasteiger partial charge on any atom is -0.381 e. The Bertz CT molecular complexity index is 552. The van der Waals surface area contributed by atoms with Crippen LogP contribution >= 0.6 is 0 Å². The molecule has 1 aliphatic heterocycles. The Morgan fingerprint density at radius 1 is 1.50 bits per heavy atom. The van der Waals surface area contributed by atoms with Crippen molar-refractivity contribution in [2.45, 2.75) is 45.6 Å². The van der Waals surface area contributed by atoms with Crippen LogP contribution in [0.25, 0.3) is 0 Å². The molecule has 0 saturated carbocycles. The molecule has 7 nitrogen and oxygen atoms in total. The van der Waals surface area contributed by atoms with E-state index in [1.54, 1.807) is 4.90 Å². The van der Waals surface area contributed by atoms with Crippen LogP contribution in [-0.4, -0.2) is 47.6 Å². The molecule has 24 heavy (non-hydrogen) atoms. The Morgan fingerprint density at radius 2 is 2.17 bits per heavy atom. The summed E-state index contributed by atoms with van der Waals surface area (Å²) in [5.41, 5.74) is 0.00964. The zero-order valence-corrected chi connectivity index (χ0v) is 14.7. The van der Waals surface area contributed by atoms with Gasteiger partial charge in [-0.2, -0.15) is 0 Å². The minimum atomic E-state index is -0.721. The lowest BCUT2D eigenvalue weighted by molar-refractivity contribution is -0.436. The number of hydrogen-bond acceptors (Lipinski definition) is 5. The molecule has 1 fully saturated rings. The van der Waals surface area contributed by atoms with Crippen LogP contribution in [0.15, 0.2) is 23.5 Å². The van der Waals surface area contributed by atoms with Crippen LogP contribution in [0.2, 0.25) is 0 Å². The number of hydrogen-bond donors (Lipinski definition) is 1.